The Hall–Kier alpha value is -2.04. The van der Waals surface area contributed by atoms with Crippen LogP contribution in [0.25, 0.3) is 0 Å². The van der Waals surface area contributed by atoms with Crippen LogP contribution >= 0.6 is 11.3 Å². The minimum Gasteiger partial charge on any atom is -0.487 e. The lowest BCUT2D eigenvalue weighted by atomic mass is 9.84. The summed E-state index contributed by atoms with van der Waals surface area (Å²) in [6, 6.07) is 7.02. The number of benzene rings is 1. The van der Waals surface area contributed by atoms with Gasteiger partial charge >= 0.3 is 0 Å². The third-order valence-corrected chi connectivity index (χ3v) is 7.85. The minimum atomic E-state index is -3.92. The number of nitrogens with zero attached hydrogens (tertiary/aromatic N) is 2. The van der Waals surface area contributed by atoms with Crippen LogP contribution in [-0.4, -0.2) is 30.1 Å². The van der Waals surface area contributed by atoms with Gasteiger partial charge in [0.1, 0.15) is 11.4 Å². The number of fused-ring (bicyclic) bond motifs is 1. The third kappa shape index (κ3) is 4.59. The van der Waals surface area contributed by atoms with Crippen LogP contribution in [0.15, 0.2) is 28.6 Å². The summed E-state index contributed by atoms with van der Waals surface area (Å²) in [4.78, 5) is 11.8. The van der Waals surface area contributed by atoms with Crippen LogP contribution in [0, 0.1) is 5.92 Å². The second kappa shape index (κ2) is 8.37. The van der Waals surface area contributed by atoms with Gasteiger partial charge in [-0.15, -0.1) is 10.2 Å². The first-order valence-electron chi connectivity index (χ1n) is 9.64. The van der Waals surface area contributed by atoms with E-state index in [-0.39, 0.29) is 21.3 Å². The van der Waals surface area contributed by atoms with Gasteiger partial charge in [0.05, 0.1) is 6.04 Å². The molecule has 2 heterocycles. The van der Waals surface area contributed by atoms with Crippen LogP contribution in [0.4, 0.5) is 5.13 Å². The summed E-state index contributed by atoms with van der Waals surface area (Å²) >= 11 is 0.831. The number of para-hydroxylation sites is 1. The van der Waals surface area contributed by atoms with Gasteiger partial charge in [-0.05, 0) is 18.9 Å². The second-order valence-corrected chi connectivity index (χ2v) is 10.3. The Morgan fingerprint density at radius 1 is 1.28 bits per heavy atom. The first-order chi connectivity index (χ1) is 13.7. The zero-order valence-corrected chi connectivity index (χ0v) is 18.6. The van der Waals surface area contributed by atoms with E-state index in [4.69, 9.17) is 4.74 Å². The van der Waals surface area contributed by atoms with E-state index in [0.29, 0.717) is 12.2 Å². The average Bonchev–Trinajstić information content (AvgIpc) is 3.17. The molecule has 1 aromatic carbocycles. The molecule has 0 fully saturated rings. The van der Waals surface area contributed by atoms with Crippen molar-refractivity contribution in [2.75, 3.05) is 5.32 Å². The summed E-state index contributed by atoms with van der Waals surface area (Å²) in [5.74, 6) is 0.205. The number of hydrogen-bond acceptors (Lipinski definition) is 7. The van der Waals surface area contributed by atoms with E-state index >= 15 is 0 Å². The largest absolute Gasteiger partial charge is 0.487 e. The zero-order chi connectivity index (χ0) is 21.2. The molecule has 0 saturated heterocycles. The van der Waals surface area contributed by atoms with Crippen molar-refractivity contribution in [3.8, 4) is 5.75 Å². The molecule has 10 heteroatoms. The van der Waals surface area contributed by atoms with Crippen molar-refractivity contribution in [3.05, 3.63) is 29.8 Å². The molecule has 1 aliphatic rings. The van der Waals surface area contributed by atoms with Crippen LogP contribution in [0.5, 0.6) is 5.75 Å². The summed E-state index contributed by atoms with van der Waals surface area (Å²) in [7, 11) is -3.92. The molecule has 1 aromatic heterocycles. The fourth-order valence-electron chi connectivity index (χ4n) is 3.26. The molecule has 0 radical (unpaired) electrons. The lowest BCUT2D eigenvalue weighted by molar-refractivity contribution is -0.118. The molecule has 3 rings (SSSR count). The molecule has 1 amide bonds. The number of rotatable bonds is 7. The number of carbonyl (C=O) groups is 1. The minimum absolute atomic E-state index is 0.160. The molecular formula is C19H26N4O4S2. The van der Waals surface area contributed by atoms with Gasteiger partial charge in [-0.2, -0.15) is 0 Å². The monoisotopic (exact) mass is 438 g/mol. The van der Waals surface area contributed by atoms with Crippen LogP contribution in [0.1, 0.15) is 58.6 Å². The Morgan fingerprint density at radius 3 is 2.62 bits per heavy atom. The maximum absolute atomic E-state index is 13.0. The van der Waals surface area contributed by atoms with Gasteiger partial charge in [0.15, 0.2) is 0 Å². The van der Waals surface area contributed by atoms with E-state index < -0.39 is 21.7 Å². The van der Waals surface area contributed by atoms with Crippen LogP contribution in [0.3, 0.4) is 0 Å². The molecule has 29 heavy (non-hydrogen) atoms. The predicted molar refractivity (Wildman–Crippen MR) is 111 cm³/mol. The quantitative estimate of drug-likeness (QED) is 0.640. The third-order valence-electron chi connectivity index (χ3n) is 5.17. The number of aromatic nitrogens is 2. The maximum Gasteiger partial charge on any atom is 0.270 e. The SMILES string of the molecule is CCC1(CC)C[C@H](NS(=O)(=O)c2nnc(NC(=O)C(C)C)s2)c2ccccc2O1. The first-order valence-corrected chi connectivity index (χ1v) is 11.9. The molecule has 8 nitrogen and oxygen atoms in total. The van der Waals surface area contributed by atoms with Gasteiger partial charge in [-0.25, -0.2) is 13.1 Å². The van der Waals surface area contributed by atoms with Crippen molar-refractivity contribution in [2.45, 2.75) is 62.9 Å². The highest BCUT2D eigenvalue weighted by Gasteiger charge is 2.40. The highest BCUT2D eigenvalue weighted by Crippen LogP contribution is 2.43. The van der Waals surface area contributed by atoms with Gasteiger partial charge < -0.3 is 10.1 Å². The maximum atomic E-state index is 13.0. The lowest BCUT2D eigenvalue weighted by Gasteiger charge is -2.41. The second-order valence-electron chi connectivity index (χ2n) is 7.43. The fraction of sp³-hybridized carbons (Fsp3) is 0.526. The van der Waals surface area contributed by atoms with Crippen LogP contribution in [0.2, 0.25) is 0 Å². The molecule has 0 spiro atoms. The molecule has 1 aliphatic heterocycles. The van der Waals surface area contributed by atoms with E-state index in [1.807, 2.05) is 38.1 Å². The summed E-state index contributed by atoms with van der Waals surface area (Å²) in [5.41, 5.74) is 0.366. The van der Waals surface area contributed by atoms with Gasteiger partial charge in [-0.3, -0.25) is 4.79 Å². The van der Waals surface area contributed by atoms with Crippen molar-refractivity contribution in [1.82, 2.24) is 14.9 Å². The number of amides is 1. The van der Waals surface area contributed by atoms with E-state index in [0.717, 1.165) is 29.7 Å². The Labute approximate surface area is 175 Å². The van der Waals surface area contributed by atoms with Crippen LogP contribution < -0.4 is 14.8 Å². The van der Waals surface area contributed by atoms with Crippen molar-refractivity contribution in [3.63, 3.8) is 0 Å². The standard InChI is InChI=1S/C19H26N4O4S2/c1-5-19(6-2)11-14(13-9-7-8-10-15(13)27-19)23-29(25,26)18-22-21-17(28-18)20-16(24)12(3)4/h7-10,12,14,23H,5-6,11H2,1-4H3,(H,20,21,24)/t14-/m0/s1. The average molecular weight is 439 g/mol. The summed E-state index contributed by atoms with van der Waals surface area (Å²) < 4.78 is 34.8. The van der Waals surface area contributed by atoms with Crippen LogP contribution in [-0.2, 0) is 14.8 Å². The van der Waals surface area contributed by atoms with Crippen molar-refractivity contribution in [1.29, 1.82) is 0 Å². The van der Waals surface area contributed by atoms with Gasteiger partial charge in [0.25, 0.3) is 10.0 Å². The summed E-state index contributed by atoms with van der Waals surface area (Å²) in [6.45, 7) is 7.56. The Kier molecular flexibility index (Phi) is 6.25. The van der Waals surface area contributed by atoms with Crippen molar-refractivity contribution >= 4 is 32.4 Å². The number of anilines is 1. The molecule has 1 atom stereocenters. The highest BCUT2D eigenvalue weighted by atomic mass is 32.2. The predicted octanol–water partition coefficient (Wildman–Crippen LogP) is 3.49. The number of sulfonamides is 1. The molecule has 0 saturated carbocycles. The molecular weight excluding hydrogens is 412 g/mol. The number of nitrogens with one attached hydrogen (secondary N) is 2. The van der Waals surface area contributed by atoms with E-state index in [1.165, 1.54) is 0 Å². The summed E-state index contributed by atoms with van der Waals surface area (Å²) in [6.07, 6.45) is 2.05. The Bertz CT molecular complexity index is 984. The topological polar surface area (TPSA) is 110 Å². The van der Waals surface area contributed by atoms with E-state index in [1.54, 1.807) is 13.8 Å². The highest BCUT2D eigenvalue weighted by molar-refractivity contribution is 7.91. The number of carbonyl (C=O) groups excluding carboxylic acids is 1. The van der Waals surface area contributed by atoms with Gasteiger partial charge in [0, 0.05) is 17.9 Å². The van der Waals surface area contributed by atoms with E-state index in [2.05, 4.69) is 20.2 Å². The molecule has 2 N–H and O–H groups in total. The van der Waals surface area contributed by atoms with Gasteiger partial charge in [-0.1, -0.05) is 57.2 Å². The fourth-order valence-corrected chi connectivity index (χ4v) is 5.40. The molecule has 2 aromatic rings. The van der Waals surface area contributed by atoms with Gasteiger partial charge in [0.2, 0.25) is 15.4 Å². The Morgan fingerprint density at radius 2 is 1.97 bits per heavy atom. The normalized spacial score (nSPS) is 18.2. The molecule has 0 aliphatic carbocycles. The Balaban J connectivity index is 1.86. The van der Waals surface area contributed by atoms with E-state index in [9.17, 15) is 13.2 Å². The first kappa shape index (κ1) is 21.7. The molecule has 0 unspecified atom stereocenters. The molecule has 0 bridgehead atoms. The summed E-state index contributed by atoms with van der Waals surface area (Å²) in [5, 5.41) is 10.3. The van der Waals surface area contributed by atoms with Crippen molar-refractivity contribution < 1.29 is 17.9 Å². The lowest BCUT2D eigenvalue weighted by Crippen LogP contribution is -2.44. The number of ether oxygens (including phenoxy) is 1. The zero-order valence-electron chi connectivity index (χ0n) is 16.9. The van der Waals surface area contributed by atoms with Crippen molar-refractivity contribution in [2.24, 2.45) is 5.92 Å². The molecule has 158 valence electrons. The smallest absolute Gasteiger partial charge is 0.270 e. The number of hydrogen-bond donors (Lipinski definition) is 2.